The van der Waals surface area contributed by atoms with Gasteiger partial charge in [-0.2, -0.15) is 0 Å². The molecule has 0 saturated heterocycles. The van der Waals surface area contributed by atoms with Gasteiger partial charge in [0, 0.05) is 13.8 Å². The first-order valence-corrected chi connectivity index (χ1v) is 11.5. The van der Waals surface area contributed by atoms with Crippen molar-refractivity contribution < 1.29 is 85.1 Å². The zero-order chi connectivity index (χ0) is 22.5. The molecule has 0 aromatic heterocycles. The molecule has 0 unspecified atom stereocenters. The van der Waals surface area contributed by atoms with E-state index >= 15 is 0 Å². The van der Waals surface area contributed by atoms with E-state index in [1.54, 1.807) is 0 Å². The number of carboxylic acid groups (broad SMARTS) is 2. The number of carbonyl (C=O) groups excluding carboxylic acids is 3. The van der Waals surface area contributed by atoms with E-state index in [1.807, 2.05) is 0 Å². The maximum atomic E-state index is 11.8. The van der Waals surface area contributed by atoms with Crippen LogP contribution in [0.25, 0.3) is 0 Å². The summed E-state index contributed by atoms with van der Waals surface area (Å²) in [6.45, 7) is 0.564. The van der Waals surface area contributed by atoms with E-state index in [4.69, 9.17) is 1.37 Å². The maximum Gasteiger partial charge on any atom is 1.00 e. The van der Waals surface area contributed by atoms with Gasteiger partial charge in [0.25, 0.3) is 0 Å². The number of aliphatic carboxylic acids is 2. The van der Waals surface area contributed by atoms with Crippen LogP contribution in [-0.4, -0.2) is 23.9 Å². The smallest absolute Gasteiger partial charge is 0.550 e. The van der Waals surface area contributed by atoms with Crippen LogP contribution < -0.4 is 74.6 Å². The first-order chi connectivity index (χ1) is 14.5. The van der Waals surface area contributed by atoms with Gasteiger partial charge in [0.1, 0.15) is 0 Å². The summed E-state index contributed by atoms with van der Waals surface area (Å²) in [4.78, 5) is 33.1. The molecule has 0 aliphatic carbocycles. The topological polar surface area (TPSA) is 109 Å². The summed E-state index contributed by atoms with van der Waals surface area (Å²) in [5, 5.41) is 23.7. The molecule has 0 saturated carbocycles. The number of nitrogens with one attached hydrogen (secondary N) is 1. The van der Waals surface area contributed by atoms with Gasteiger partial charge < -0.3 is 25.1 Å². The van der Waals surface area contributed by atoms with Crippen LogP contribution in [0.15, 0.2) is 0 Å². The average Bonchev–Trinajstić information content (AvgIpc) is 2.70. The predicted molar refractivity (Wildman–Crippen MR) is 111 cm³/mol. The normalized spacial score (nSPS) is 11.5. The molecule has 0 aliphatic heterocycles. The number of carbonyl (C=O) groups is 3. The van der Waals surface area contributed by atoms with E-state index in [-0.39, 0.29) is 77.9 Å². The summed E-state index contributed by atoms with van der Waals surface area (Å²) >= 11 is 0. The van der Waals surface area contributed by atoms with E-state index < -0.39 is 24.4 Å². The quantitative estimate of drug-likeness (QED) is 0.146. The summed E-state index contributed by atoms with van der Waals surface area (Å²) < 4.78 is 7.10. The molecular formula is C23H41NNa2O5. The third-order valence-corrected chi connectivity index (χ3v) is 5.16. The van der Waals surface area contributed by atoms with E-state index in [9.17, 15) is 24.6 Å². The molecule has 0 heterocycles. The first kappa shape index (κ1) is 33.6. The molecule has 0 aromatic rings. The fraction of sp³-hybridized carbons (Fsp3) is 0.870. The number of unbranched alkanes of at least 4 members (excludes halogenated alkanes) is 14. The van der Waals surface area contributed by atoms with Crippen molar-refractivity contribution in [2.75, 3.05) is 0 Å². The molecule has 0 fully saturated rings. The van der Waals surface area contributed by atoms with E-state index in [2.05, 4.69) is 5.32 Å². The van der Waals surface area contributed by atoms with Crippen molar-refractivity contribution in [3.8, 4) is 0 Å². The number of amides is 1. The van der Waals surface area contributed by atoms with E-state index in [0.717, 1.165) is 25.7 Å². The Morgan fingerprint density at radius 3 is 1.52 bits per heavy atom. The number of hydrogen-bond donors (Lipinski definition) is 1. The van der Waals surface area contributed by atoms with Gasteiger partial charge in [0.2, 0.25) is 5.91 Å². The van der Waals surface area contributed by atoms with Crippen molar-refractivity contribution in [2.24, 2.45) is 0 Å². The average molecular weight is 459 g/mol. The summed E-state index contributed by atoms with van der Waals surface area (Å²) in [6.07, 6.45) is 17.4. The maximum absolute atomic E-state index is 11.8. The monoisotopic (exact) mass is 458 g/mol. The molecule has 170 valence electrons. The largest absolute Gasteiger partial charge is 1.00 e. The van der Waals surface area contributed by atoms with Crippen LogP contribution in [-0.2, 0) is 14.4 Å². The molecule has 0 rings (SSSR count). The molecule has 0 bridgehead atoms. The standard InChI is InChI=1S/C23H43NO5.2Na/c1-2-3-4-5-6-7-8-9-10-11-12-13-14-15-16-17-21(25)24-20(23(28)29)18-19-22(26)27;;/h20H,2-19H2,1H3,(H,24,25)(H,26,27)(H,28,29);;/q;2*+1/p-2/t20-;;/m0../s1/i1D;;. The van der Waals surface area contributed by atoms with Gasteiger partial charge >= 0.3 is 59.1 Å². The Morgan fingerprint density at radius 1 is 0.710 bits per heavy atom. The predicted octanol–water partition coefficient (Wildman–Crippen LogP) is -2.98. The minimum atomic E-state index is -1.47. The summed E-state index contributed by atoms with van der Waals surface area (Å²) in [6, 6.07) is -1.27. The SMILES string of the molecule is [2H]CCCCCCCCCCCCCCCCCC(=O)N[C@@H](CCC(=O)[O-])C(=O)[O-].[Na+].[Na+]. The van der Waals surface area contributed by atoms with Crippen LogP contribution >= 0.6 is 0 Å². The molecule has 1 amide bonds. The van der Waals surface area contributed by atoms with E-state index in [0.29, 0.717) is 13.3 Å². The van der Waals surface area contributed by atoms with Crippen LogP contribution in [0.5, 0.6) is 0 Å². The third-order valence-electron chi connectivity index (χ3n) is 5.16. The van der Waals surface area contributed by atoms with Crippen molar-refractivity contribution >= 4 is 17.8 Å². The second-order valence-electron chi connectivity index (χ2n) is 7.90. The zero-order valence-corrected chi connectivity index (χ0v) is 24.1. The van der Waals surface area contributed by atoms with Crippen LogP contribution in [0.2, 0.25) is 0 Å². The van der Waals surface area contributed by atoms with Crippen molar-refractivity contribution in [3.05, 3.63) is 0 Å². The molecule has 1 atom stereocenters. The Hall–Kier alpha value is 0.410. The summed E-state index contributed by atoms with van der Waals surface area (Å²) in [7, 11) is 0. The second-order valence-corrected chi connectivity index (χ2v) is 7.90. The number of carboxylic acids is 2. The Morgan fingerprint density at radius 2 is 1.13 bits per heavy atom. The van der Waals surface area contributed by atoms with Crippen molar-refractivity contribution in [3.63, 3.8) is 0 Å². The van der Waals surface area contributed by atoms with Crippen LogP contribution in [0.3, 0.4) is 0 Å². The van der Waals surface area contributed by atoms with Crippen LogP contribution in [0, 0.1) is 0 Å². The van der Waals surface area contributed by atoms with E-state index in [1.165, 1.54) is 64.2 Å². The molecule has 8 heteroatoms. The Bertz CT molecular complexity index is 470. The molecule has 31 heavy (non-hydrogen) atoms. The number of rotatable bonds is 21. The molecule has 0 aromatic carbocycles. The fourth-order valence-corrected chi connectivity index (χ4v) is 3.36. The van der Waals surface area contributed by atoms with Gasteiger partial charge in [-0.15, -0.1) is 0 Å². The van der Waals surface area contributed by atoms with Crippen molar-refractivity contribution in [2.45, 2.75) is 129 Å². The Kier molecular flexibility index (Phi) is 28.9. The minimum Gasteiger partial charge on any atom is -0.550 e. The summed E-state index contributed by atoms with van der Waals surface area (Å²) in [5.41, 5.74) is 0. The third kappa shape index (κ3) is 26.5. The molecule has 0 aliphatic rings. The Balaban J connectivity index is -0.00000420. The van der Waals surface area contributed by atoms with Gasteiger partial charge in [-0.1, -0.05) is 96.8 Å². The zero-order valence-electron chi connectivity index (χ0n) is 21.1. The molecule has 1 N–H and O–H groups in total. The molecule has 6 nitrogen and oxygen atoms in total. The van der Waals surface area contributed by atoms with Crippen molar-refractivity contribution in [1.82, 2.24) is 5.32 Å². The second kappa shape index (κ2) is 26.7. The van der Waals surface area contributed by atoms with Gasteiger partial charge in [-0.05, 0) is 19.3 Å². The van der Waals surface area contributed by atoms with Gasteiger partial charge in [0.15, 0.2) is 0 Å². The Labute approximate surface area is 235 Å². The van der Waals surface area contributed by atoms with Crippen LogP contribution in [0.1, 0.15) is 124 Å². The minimum absolute atomic E-state index is 0. The number of hydrogen-bond acceptors (Lipinski definition) is 5. The molecule has 0 spiro atoms. The summed E-state index contributed by atoms with van der Waals surface area (Å²) in [5.74, 6) is -3.19. The molecular weight excluding hydrogens is 416 g/mol. The molecule has 0 radical (unpaired) electrons. The van der Waals surface area contributed by atoms with Crippen LogP contribution in [0.4, 0.5) is 0 Å². The van der Waals surface area contributed by atoms with Gasteiger partial charge in [-0.25, -0.2) is 0 Å². The fourth-order valence-electron chi connectivity index (χ4n) is 3.36. The first-order valence-electron chi connectivity index (χ1n) is 12.2. The van der Waals surface area contributed by atoms with Gasteiger partial charge in [0.05, 0.1) is 12.0 Å². The van der Waals surface area contributed by atoms with Crippen molar-refractivity contribution in [1.29, 1.82) is 0 Å². The van der Waals surface area contributed by atoms with Gasteiger partial charge in [-0.3, -0.25) is 4.79 Å².